The summed E-state index contributed by atoms with van der Waals surface area (Å²) in [6.45, 7) is 0. The highest BCUT2D eigenvalue weighted by atomic mass is 35.5. The molecule has 0 saturated heterocycles. The number of phenols is 2. The molecule has 3 nitrogen and oxygen atoms in total. The SMILES string of the molecule is Oc1cc2cc[nH+]cc2c(Cl)c1O. The Labute approximate surface area is 79.2 Å². The third kappa shape index (κ3) is 1.17. The Balaban J connectivity index is 2.94. The molecule has 1 aromatic carbocycles. The van der Waals surface area contributed by atoms with Crippen molar-refractivity contribution in [3.8, 4) is 11.5 Å². The topological polar surface area (TPSA) is 54.6 Å². The van der Waals surface area contributed by atoms with Crippen LogP contribution in [0.15, 0.2) is 24.5 Å². The van der Waals surface area contributed by atoms with Gasteiger partial charge in [0.25, 0.3) is 0 Å². The quantitative estimate of drug-likeness (QED) is 0.631. The number of phenolic OH excluding ortho intramolecular Hbond substituents is 2. The summed E-state index contributed by atoms with van der Waals surface area (Å²) in [5.41, 5.74) is 0. The Hall–Kier alpha value is -1.48. The van der Waals surface area contributed by atoms with Crippen LogP contribution in [-0.4, -0.2) is 10.2 Å². The van der Waals surface area contributed by atoms with Crippen molar-refractivity contribution < 1.29 is 15.2 Å². The molecule has 0 spiro atoms. The molecule has 0 amide bonds. The Kier molecular flexibility index (Phi) is 1.74. The van der Waals surface area contributed by atoms with E-state index in [4.69, 9.17) is 11.6 Å². The van der Waals surface area contributed by atoms with Crippen molar-refractivity contribution in [2.45, 2.75) is 0 Å². The molecular weight excluding hydrogens is 190 g/mol. The van der Waals surface area contributed by atoms with Crippen LogP contribution in [0.2, 0.25) is 5.02 Å². The number of aromatic amines is 1. The van der Waals surface area contributed by atoms with E-state index in [0.717, 1.165) is 5.39 Å². The lowest BCUT2D eigenvalue weighted by atomic mass is 10.1. The van der Waals surface area contributed by atoms with Crippen LogP contribution in [0, 0.1) is 0 Å². The van der Waals surface area contributed by atoms with Gasteiger partial charge in [0.05, 0.1) is 5.39 Å². The molecule has 0 radical (unpaired) electrons. The van der Waals surface area contributed by atoms with Crippen LogP contribution in [-0.2, 0) is 0 Å². The fourth-order valence-corrected chi connectivity index (χ4v) is 1.47. The normalized spacial score (nSPS) is 10.5. The first-order chi connectivity index (χ1) is 6.20. The summed E-state index contributed by atoms with van der Waals surface area (Å²) in [7, 11) is 0. The van der Waals surface area contributed by atoms with Gasteiger partial charge in [0.15, 0.2) is 23.9 Å². The number of pyridine rings is 1. The first-order valence-corrected chi connectivity index (χ1v) is 4.08. The molecule has 2 aromatic rings. The van der Waals surface area contributed by atoms with Gasteiger partial charge in [-0.05, 0) is 11.5 Å². The van der Waals surface area contributed by atoms with E-state index in [1.54, 1.807) is 18.5 Å². The van der Waals surface area contributed by atoms with Gasteiger partial charge in [-0.3, -0.25) is 0 Å². The van der Waals surface area contributed by atoms with Gasteiger partial charge in [-0.25, -0.2) is 4.98 Å². The Morgan fingerprint density at radius 2 is 2.08 bits per heavy atom. The number of hydrogen-bond donors (Lipinski definition) is 2. The van der Waals surface area contributed by atoms with Crippen LogP contribution in [0.1, 0.15) is 0 Å². The third-order valence-electron chi connectivity index (χ3n) is 1.88. The van der Waals surface area contributed by atoms with Gasteiger partial charge < -0.3 is 10.2 Å². The predicted octanol–water partition coefficient (Wildman–Crippen LogP) is 1.72. The summed E-state index contributed by atoms with van der Waals surface area (Å²) in [5.74, 6) is -0.488. The average molecular weight is 197 g/mol. The molecule has 0 unspecified atom stereocenters. The van der Waals surface area contributed by atoms with E-state index in [9.17, 15) is 10.2 Å². The van der Waals surface area contributed by atoms with E-state index >= 15 is 0 Å². The molecule has 1 heterocycles. The molecule has 0 bridgehead atoms. The monoisotopic (exact) mass is 196 g/mol. The Morgan fingerprint density at radius 1 is 1.31 bits per heavy atom. The summed E-state index contributed by atoms with van der Waals surface area (Å²) in [6.07, 6.45) is 3.38. The Bertz CT molecular complexity index is 470. The maximum atomic E-state index is 9.31. The van der Waals surface area contributed by atoms with Gasteiger partial charge >= 0.3 is 0 Å². The minimum Gasteiger partial charge on any atom is -0.504 e. The minimum atomic E-state index is -0.284. The highest BCUT2D eigenvalue weighted by molar-refractivity contribution is 6.37. The molecule has 0 fully saturated rings. The zero-order chi connectivity index (χ0) is 9.42. The second-order valence-electron chi connectivity index (χ2n) is 2.71. The second-order valence-corrected chi connectivity index (χ2v) is 3.08. The first kappa shape index (κ1) is 8.13. The zero-order valence-corrected chi connectivity index (χ0v) is 7.34. The second kappa shape index (κ2) is 2.78. The van der Waals surface area contributed by atoms with Gasteiger partial charge in [0.1, 0.15) is 5.02 Å². The molecule has 66 valence electrons. The number of aromatic nitrogens is 1. The molecular formula is C9H7ClNO2+. The zero-order valence-electron chi connectivity index (χ0n) is 6.58. The van der Waals surface area contributed by atoms with E-state index in [1.807, 2.05) is 0 Å². The van der Waals surface area contributed by atoms with Gasteiger partial charge in [-0.1, -0.05) is 11.6 Å². The van der Waals surface area contributed by atoms with Crippen LogP contribution in [0.25, 0.3) is 10.8 Å². The summed E-state index contributed by atoms with van der Waals surface area (Å²) in [6, 6.07) is 3.23. The lowest BCUT2D eigenvalue weighted by molar-refractivity contribution is -0.375. The molecule has 3 N–H and O–H groups in total. The number of fused-ring (bicyclic) bond motifs is 1. The predicted molar refractivity (Wildman–Crippen MR) is 48.8 cm³/mol. The minimum absolute atomic E-state index is 0.159. The lowest BCUT2D eigenvalue weighted by Gasteiger charge is -2.02. The molecule has 0 aliphatic rings. The fourth-order valence-electron chi connectivity index (χ4n) is 1.21. The maximum Gasteiger partial charge on any atom is 0.177 e. The highest BCUT2D eigenvalue weighted by Crippen LogP contribution is 2.38. The molecule has 0 atom stereocenters. The average Bonchev–Trinajstić information content (AvgIpc) is 2.15. The third-order valence-corrected chi connectivity index (χ3v) is 2.26. The number of benzene rings is 1. The molecule has 4 heteroatoms. The summed E-state index contributed by atoms with van der Waals surface area (Å²) in [5, 5.41) is 20.2. The summed E-state index contributed by atoms with van der Waals surface area (Å²) in [4.78, 5) is 2.85. The van der Waals surface area contributed by atoms with Gasteiger partial charge in [-0.2, -0.15) is 0 Å². The first-order valence-electron chi connectivity index (χ1n) is 3.70. The lowest BCUT2D eigenvalue weighted by Crippen LogP contribution is -1.97. The standard InChI is InChI=1S/C9H6ClNO2/c10-8-6-4-11-2-1-5(6)3-7(12)9(8)13/h1-4,12-13H/p+1. The molecule has 0 saturated carbocycles. The van der Waals surface area contributed by atoms with Crippen molar-refractivity contribution in [2.24, 2.45) is 0 Å². The number of nitrogens with one attached hydrogen (secondary N) is 1. The number of rotatable bonds is 0. The molecule has 13 heavy (non-hydrogen) atoms. The van der Waals surface area contributed by atoms with E-state index in [-0.39, 0.29) is 16.5 Å². The van der Waals surface area contributed by atoms with Crippen molar-refractivity contribution in [3.63, 3.8) is 0 Å². The van der Waals surface area contributed by atoms with E-state index in [1.165, 1.54) is 6.07 Å². The largest absolute Gasteiger partial charge is 0.504 e. The highest BCUT2D eigenvalue weighted by Gasteiger charge is 2.11. The molecule has 2 rings (SSSR count). The number of hydrogen-bond acceptors (Lipinski definition) is 2. The van der Waals surface area contributed by atoms with E-state index in [0.29, 0.717) is 5.39 Å². The molecule has 1 aromatic heterocycles. The van der Waals surface area contributed by atoms with Crippen molar-refractivity contribution in [1.82, 2.24) is 0 Å². The number of H-pyrrole nitrogens is 1. The van der Waals surface area contributed by atoms with Crippen LogP contribution in [0.4, 0.5) is 0 Å². The maximum absolute atomic E-state index is 9.31. The van der Waals surface area contributed by atoms with Crippen LogP contribution in [0.5, 0.6) is 11.5 Å². The van der Waals surface area contributed by atoms with Crippen molar-refractivity contribution >= 4 is 22.4 Å². The van der Waals surface area contributed by atoms with Gasteiger partial charge in [0, 0.05) is 6.07 Å². The Morgan fingerprint density at radius 3 is 2.85 bits per heavy atom. The molecule has 0 aliphatic carbocycles. The van der Waals surface area contributed by atoms with Crippen LogP contribution < -0.4 is 4.98 Å². The fraction of sp³-hybridized carbons (Fsp3) is 0. The van der Waals surface area contributed by atoms with Crippen molar-refractivity contribution in [1.29, 1.82) is 0 Å². The summed E-state index contributed by atoms with van der Waals surface area (Å²) >= 11 is 5.80. The van der Waals surface area contributed by atoms with Gasteiger partial charge in [0.2, 0.25) is 0 Å². The van der Waals surface area contributed by atoms with E-state index < -0.39 is 0 Å². The van der Waals surface area contributed by atoms with Crippen LogP contribution >= 0.6 is 11.6 Å². The smallest absolute Gasteiger partial charge is 0.177 e. The van der Waals surface area contributed by atoms with Crippen molar-refractivity contribution in [2.75, 3.05) is 0 Å². The van der Waals surface area contributed by atoms with Gasteiger partial charge in [-0.15, -0.1) is 0 Å². The number of halogens is 1. The number of aromatic hydroxyl groups is 2. The van der Waals surface area contributed by atoms with Crippen molar-refractivity contribution in [3.05, 3.63) is 29.5 Å². The van der Waals surface area contributed by atoms with E-state index in [2.05, 4.69) is 4.98 Å². The summed E-state index contributed by atoms with van der Waals surface area (Å²) < 4.78 is 0. The molecule has 0 aliphatic heterocycles. The van der Waals surface area contributed by atoms with Crippen LogP contribution in [0.3, 0.4) is 0 Å².